The summed E-state index contributed by atoms with van der Waals surface area (Å²) < 4.78 is 0. The number of piperazine rings is 1. The fourth-order valence-electron chi connectivity index (χ4n) is 2.96. The van der Waals surface area contributed by atoms with E-state index in [0.717, 1.165) is 31.0 Å². The first-order valence-electron chi connectivity index (χ1n) is 6.53. The number of nitrogen functional groups attached to an aromatic ring is 1. The molecule has 0 aromatic carbocycles. The second-order valence-corrected chi connectivity index (χ2v) is 5.09. The van der Waals surface area contributed by atoms with E-state index >= 15 is 0 Å². The van der Waals surface area contributed by atoms with Crippen LogP contribution in [0.2, 0.25) is 0 Å². The van der Waals surface area contributed by atoms with Crippen LogP contribution in [0, 0.1) is 5.41 Å². The van der Waals surface area contributed by atoms with Crippen LogP contribution >= 0.6 is 0 Å². The van der Waals surface area contributed by atoms with Crippen LogP contribution in [-0.4, -0.2) is 47.9 Å². The number of anilines is 1. The molecular weight excluding hydrogens is 226 g/mol. The monoisotopic (exact) mass is 245 g/mol. The Bertz CT molecular complexity index is 458. The van der Waals surface area contributed by atoms with E-state index in [9.17, 15) is 0 Å². The molecule has 1 atom stereocenters. The van der Waals surface area contributed by atoms with E-state index in [4.69, 9.17) is 11.1 Å². The van der Waals surface area contributed by atoms with E-state index in [2.05, 4.69) is 14.8 Å². The third-order valence-corrected chi connectivity index (χ3v) is 3.97. The van der Waals surface area contributed by atoms with Crippen molar-refractivity contribution in [1.29, 1.82) is 5.41 Å². The maximum absolute atomic E-state index is 7.49. The SMILES string of the molecule is N=C(N)c1ccnc(N2CCN3CCCC3C2)c1. The highest BCUT2D eigenvalue weighted by molar-refractivity contribution is 5.95. The zero-order valence-electron chi connectivity index (χ0n) is 10.5. The molecule has 3 rings (SSSR count). The molecular formula is C13H19N5. The Kier molecular flexibility index (Phi) is 2.91. The number of hydrogen-bond donors (Lipinski definition) is 2. The molecule has 2 aliphatic heterocycles. The fraction of sp³-hybridized carbons (Fsp3) is 0.538. The van der Waals surface area contributed by atoms with Gasteiger partial charge in [0.1, 0.15) is 11.7 Å². The summed E-state index contributed by atoms with van der Waals surface area (Å²) in [5.41, 5.74) is 6.28. The van der Waals surface area contributed by atoms with Crippen LogP contribution in [0.4, 0.5) is 5.82 Å². The number of nitrogens with two attached hydrogens (primary N) is 1. The van der Waals surface area contributed by atoms with Crippen molar-refractivity contribution < 1.29 is 0 Å². The van der Waals surface area contributed by atoms with E-state index in [1.807, 2.05) is 6.07 Å². The second kappa shape index (κ2) is 4.57. The van der Waals surface area contributed by atoms with Crippen molar-refractivity contribution in [2.75, 3.05) is 31.1 Å². The Hall–Kier alpha value is -1.62. The average molecular weight is 245 g/mol. The summed E-state index contributed by atoms with van der Waals surface area (Å²) in [6.07, 6.45) is 4.36. The van der Waals surface area contributed by atoms with E-state index in [1.54, 1.807) is 12.3 Å². The minimum atomic E-state index is 0.109. The standard InChI is InChI=1S/C13H19N5/c14-13(15)10-3-4-16-12(8-10)18-7-6-17-5-1-2-11(17)9-18/h3-4,8,11H,1-2,5-7,9H2,(H3,14,15). The van der Waals surface area contributed by atoms with Gasteiger partial charge in [0, 0.05) is 37.4 Å². The molecule has 0 bridgehead atoms. The molecule has 2 saturated heterocycles. The molecule has 5 nitrogen and oxygen atoms in total. The van der Waals surface area contributed by atoms with Crippen LogP contribution in [-0.2, 0) is 0 Å². The van der Waals surface area contributed by atoms with Crippen LogP contribution in [0.1, 0.15) is 18.4 Å². The van der Waals surface area contributed by atoms with Gasteiger partial charge in [-0.15, -0.1) is 0 Å². The van der Waals surface area contributed by atoms with Gasteiger partial charge in [-0.3, -0.25) is 10.3 Å². The van der Waals surface area contributed by atoms with Crippen molar-refractivity contribution in [2.45, 2.75) is 18.9 Å². The summed E-state index contributed by atoms with van der Waals surface area (Å²) in [5, 5.41) is 7.49. The Morgan fingerprint density at radius 1 is 1.39 bits per heavy atom. The maximum Gasteiger partial charge on any atom is 0.129 e. The van der Waals surface area contributed by atoms with Gasteiger partial charge in [0.05, 0.1) is 0 Å². The Balaban J connectivity index is 1.78. The van der Waals surface area contributed by atoms with Crippen LogP contribution in [0.15, 0.2) is 18.3 Å². The Labute approximate surface area is 107 Å². The summed E-state index contributed by atoms with van der Waals surface area (Å²) in [4.78, 5) is 9.31. The van der Waals surface area contributed by atoms with Gasteiger partial charge in [-0.2, -0.15) is 0 Å². The lowest BCUT2D eigenvalue weighted by atomic mass is 10.1. The normalized spacial score (nSPS) is 24.0. The zero-order chi connectivity index (χ0) is 12.5. The first-order chi connectivity index (χ1) is 8.74. The third-order valence-electron chi connectivity index (χ3n) is 3.97. The minimum absolute atomic E-state index is 0.109. The van der Waals surface area contributed by atoms with Crippen molar-refractivity contribution in [3.05, 3.63) is 23.9 Å². The molecule has 1 aromatic heterocycles. The zero-order valence-corrected chi connectivity index (χ0v) is 10.5. The molecule has 2 fully saturated rings. The molecule has 0 radical (unpaired) electrons. The molecule has 18 heavy (non-hydrogen) atoms. The van der Waals surface area contributed by atoms with Crippen molar-refractivity contribution in [2.24, 2.45) is 5.73 Å². The van der Waals surface area contributed by atoms with Gasteiger partial charge >= 0.3 is 0 Å². The summed E-state index contributed by atoms with van der Waals surface area (Å²) in [6.45, 7) is 4.44. The molecule has 5 heteroatoms. The summed E-state index contributed by atoms with van der Waals surface area (Å²) in [6, 6.07) is 4.39. The molecule has 3 N–H and O–H groups in total. The maximum atomic E-state index is 7.49. The number of nitrogens with one attached hydrogen (secondary N) is 1. The van der Waals surface area contributed by atoms with Gasteiger partial charge in [-0.25, -0.2) is 4.98 Å². The minimum Gasteiger partial charge on any atom is -0.384 e. The van der Waals surface area contributed by atoms with Crippen LogP contribution < -0.4 is 10.6 Å². The smallest absolute Gasteiger partial charge is 0.129 e. The topological polar surface area (TPSA) is 69.2 Å². The molecule has 0 amide bonds. The van der Waals surface area contributed by atoms with Crippen molar-refractivity contribution in [3.63, 3.8) is 0 Å². The Morgan fingerprint density at radius 3 is 3.11 bits per heavy atom. The number of amidine groups is 1. The quantitative estimate of drug-likeness (QED) is 0.593. The molecule has 0 aliphatic carbocycles. The van der Waals surface area contributed by atoms with Gasteiger partial charge < -0.3 is 10.6 Å². The van der Waals surface area contributed by atoms with E-state index in [1.165, 1.54) is 19.4 Å². The lowest BCUT2D eigenvalue weighted by Crippen LogP contribution is -2.50. The van der Waals surface area contributed by atoms with Crippen LogP contribution in [0.3, 0.4) is 0 Å². The molecule has 3 heterocycles. The number of hydrogen-bond acceptors (Lipinski definition) is 4. The number of pyridine rings is 1. The molecule has 0 saturated carbocycles. The number of rotatable bonds is 2. The van der Waals surface area contributed by atoms with Gasteiger partial charge in [-0.1, -0.05) is 0 Å². The van der Waals surface area contributed by atoms with E-state index in [0.29, 0.717) is 6.04 Å². The van der Waals surface area contributed by atoms with E-state index in [-0.39, 0.29) is 5.84 Å². The molecule has 1 aromatic rings. The van der Waals surface area contributed by atoms with Gasteiger partial charge in [0.15, 0.2) is 0 Å². The highest BCUT2D eigenvalue weighted by Gasteiger charge is 2.30. The van der Waals surface area contributed by atoms with Crippen LogP contribution in [0.5, 0.6) is 0 Å². The fourth-order valence-corrected chi connectivity index (χ4v) is 2.96. The number of fused-ring (bicyclic) bond motifs is 1. The predicted octanol–water partition coefficient (Wildman–Crippen LogP) is 0.650. The average Bonchev–Trinajstić information content (AvgIpc) is 2.86. The molecule has 2 aliphatic rings. The predicted molar refractivity (Wildman–Crippen MR) is 72.1 cm³/mol. The second-order valence-electron chi connectivity index (χ2n) is 5.09. The van der Waals surface area contributed by atoms with Crippen molar-refractivity contribution >= 4 is 11.7 Å². The highest BCUT2D eigenvalue weighted by Crippen LogP contribution is 2.24. The van der Waals surface area contributed by atoms with Gasteiger partial charge in [-0.05, 0) is 31.5 Å². The van der Waals surface area contributed by atoms with Crippen molar-refractivity contribution in [1.82, 2.24) is 9.88 Å². The first kappa shape index (κ1) is 11.5. The largest absolute Gasteiger partial charge is 0.384 e. The molecule has 0 spiro atoms. The molecule has 1 unspecified atom stereocenters. The van der Waals surface area contributed by atoms with Crippen LogP contribution in [0.25, 0.3) is 0 Å². The Morgan fingerprint density at radius 2 is 2.28 bits per heavy atom. The van der Waals surface area contributed by atoms with E-state index < -0.39 is 0 Å². The summed E-state index contributed by atoms with van der Waals surface area (Å²) >= 11 is 0. The number of nitrogens with zero attached hydrogens (tertiary/aromatic N) is 3. The lowest BCUT2D eigenvalue weighted by Gasteiger charge is -2.38. The first-order valence-corrected chi connectivity index (χ1v) is 6.53. The summed E-state index contributed by atoms with van der Waals surface area (Å²) in [5.74, 6) is 1.06. The van der Waals surface area contributed by atoms with Gasteiger partial charge in [0.2, 0.25) is 0 Å². The van der Waals surface area contributed by atoms with Gasteiger partial charge in [0.25, 0.3) is 0 Å². The lowest BCUT2D eigenvalue weighted by molar-refractivity contribution is 0.230. The molecule has 96 valence electrons. The third kappa shape index (κ3) is 2.06. The highest BCUT2D eigenvalue weighted by atomic mass is 15.3. The van der Waals surface area contributed by atoms with Crippen molar-refractivity contribution in [3.8, 4) is 0 Å². The summed E-state index contributed by atoms with van der Waals surface area (Å²) in [7, 11) is 0. The number of aromatic nitrogens is 1.